The SMILES string of the molecule is COCCNCCCS(=O)(=O)CC(C)C. The first kappa shape index (κ1) is 14.9. The summed E-state index contributed by atoms with van der Waals surface area (Å²) in [5.41, 5.74) is 0. The predicted octanol–water partition coefficient (Wildman–Crippen LogP) is 0.683. The molecule has 0 heterocycles. The molecule has 0 aliphatic heterocycles. The molecule has 0 aromatic rings. The number of nitrogens with one attached hydrogen (secondary N) is 1. The summed E-state index contributed by atoms with van der Waals surface area (Å²) in [6, 6.07) is 0. The lowest BCUT2D eigenvalue weighted by atomic mass is 10.3. The number of methoxy groups -OCH3 is 1. The van der Waals surface area contributed by atoms with Crippen LogP contribution in [0.4, 0.5) is 0 Å². The van der Waals surface area contributed by atoms with Crippen molar-refractivity contribution in [2.45, 2.75) is 20.3 Å². The van der Waals surface area contributed by atoms with E-state index in [0.717, 1.165) is 13.1 Å². The molecule has 92 valence electrons. The van der Waals surface area contributed by atoms with Crippen molar-refractivity contribution in [3.05, 3.63) is 0 Å². The molecule has 0 aliphatic rings. The highest BCUT2D eigenvalue weighted by Crippen LogP contribution is 2.01. The van der Waals surface area contributed by atoms with Gasteiger partial charge in [-0.05, 0) is 18.9 Å². The monoisotopic (exact) mass is 237 g/mol. The van der Waals surface area contributed by atoms with Gasteiger partial charge in [-0.15, -0.1) is 0 Å². The standard InChI is InChI=1S/C10H23NO3S/c1-10(2)9-15(12,13)8-4-5-11-6-7-14-3/h10-11H,4-9H2,1-3H3. The van der Waals surface area contributed by atoms with Crippen molar-refractivity contribution in [3.63, 3.8) is 0 Å². The van der Waals surface area contributed by atoms with Gasteiger partial charge in [-0.25, -0.2) is 8.42 Å². The first-order chi connectivity index (χ1) is 6.98. The number of sulfone groups is 1. The van der Waals surface area contributed by atoms with Crippen LogP contribution in [-0.4, -0.2) is 46.7 Å². The lowest BCUT2D eigenvalue weighted by Gasteiger charge is -2.07. The molecule has 0 aliphatic carbocycles. The van der Waals surface area contributed by atoms with E-state index in [1.807, 2.05) is 13.8 Å². The summed E-state index contributed by atoms with van der Waals surface area (Å²) in [6.07, 6.45) is 0.679. The summed E-state index contributed by atoms with van der Waals surface area (Å²) in [6.45, 7) is 6.03. The first-order valence-electron chi connectivity index (χ1n) is 5.38. The van der Waals surface area contributed by atoms with E-state index in [-0.39, 0.29) is 11.7 Å². The average molecular weight is 237 g/mol. The maximum absolute atomic E-state index is 11.5. The second-order valence-electron chi connectivity index (χ2n) is 4.10. The summed E-state index contributed by atoms with van der Waals surface area (Å²) >= 11 is 0. The fourth-order valence-electron chi connectivity index (χ4n) is 1.31. The molecular formula is C10H23NO3S. The average Bonchev–Trinajstić information content (AvgIpc) is 2.08. The Kier molecular flexibility index (Phi) is 8.00. The van der Waals surface area contributed by atoms with E-state index in [0.29, 0.717) is 18.8 Å². The summed E-state index contributed by atoms with van der Waals surface area (Å²) < 4.78 is 27.8. The van der Waals surface area contributed by atoms with Crippen molar-refractivity contribution in [2.75, 3.05) is 38.3 Å². The van der Waals surface area contributed by atoms with Crippen LogP contribution in [0.25, 0.3) is 0 Å². The first-order valence-corrected chi connectivity index (χ1v) is 7.20. The molecule has 0 spiro atoms. The fourth-order valence-corrected chi connectivity index (χ4v) is 3.07. The van der Waals surface area contributed by atoms with E-state index in [9.17, 15) is 8.42 Å². The van der Waals surface area contributed by atoms with E-state index in [4.69, 9.17) is 4.74 Å². The number of rotatable bonds is 9. The van der Waals surface area contributed by atoms with Gasteiger partial charge in [0.1, 0.15) is 0 Å². The highest BCUT2D eigenvalue weighted by atomic mass is 32.2. The van der Waals surface area contributed by atoms with Crippen LogP contribution < -0.4 is 5.32 Å². The zero-order chi connectivity index (χ0) is 11.7. The Morgan fingerprint density at radius 2 is 1.93 bits per heavy atom. The molecular weight excluding hydrogens is 214 g/mol. The molecule has 0 rings (SSSR count). The molecule has 15 heavy (non-hydrogen) atoms. The Balaban J connectivity index is 3.50. The minimum absolute atomic E-state index is 0.219. The second-order valence-corrected chi connectivity index (χ2v) is 6.33. The number of ether oxygens (including phenoxy) is 1. The van der Waals surface area contributed by atoms with E-state index in [1.165, 1.54) is 0 Å². The zero-order valence-corrected chi connectivity index (χ0v) is 10.8. The molecule has 0 saturated heterocycles. The van der Waals surface area contributed by atoms with Crippen LogP contribution in [0, 0.1) is 5.92 Å². The van der Waals surface area contributed by atoms with Gasteiger partial charge in [-0.3, -0.25) is 0 Å². The lowest BCUT2D eigenvalue weighted by Crippen LogP contribution is -2.23. The quantitative estimate of drug-likeness (QED) is 0.599. The molecule has 0 amide bonds. The minimum Gasteiger partial charge on any atom is -0.383 e. The third-order valence-corrected chi connectivity index (χ3v) is 3.96. The van der Waals surface area contributed by atoms with Gasteiger partial charge in [0, 0.05) is 13.7 Å². The molecule has 0 radical (unpaired) electrons. The van der Waals surface area contributed by atoms with Crippen molar-refractivity contribution in [1.29, 1.82) is 0 Å². The van der Waals surface area contributed by atoms with Gasteiger partial charge >= 0.3 is 0 Å². The largest absolute Gasteiger partial charge is 0.383 e. The molecule has 0 unspecified atom stereocenters. The van der Waals surface area contributed by atoms with Crippen LogP contribution in [0.15, 0.2) is 0 Å². The highest BCUT2D eigenvalue weighted by Gasteiger charge is 2.12. The van der Waals surface area contributed by atoms with Crippen LogP contribution in [-0.2, 0) is 14.6 Å². The van der Waals surface area contributed by atoms with Gasteiger partial charge in [0.15, 0.2) is 9.84 Å². The van der Waals surface area contributed by atoms with E-state index < -0.39 is 9.84 Å². The van der Waals surface area contributed by atoms with Crippen molar-refractivity contribution in [2.24, 2.45) is 5.92 Å². The van der Waals surface area contributed by atoms with Gasteiger partial charge < -0.3 is 10.1 Å². The number of hydrogen-bond donors (Lipinski definition) is 1. The van der Waals surface area contributed by atoms with Gasteiger partial charge in [0.25, 0.3) is 0 Å². The summed E-state index contributed by atoms with van der Waals surface area (Å²) in [4.78, 5) is 0. The fraction of sp³-hybridized carbons (Fsp3) is 1.00. The molecule has 0 saturated carbocycles. The Hall–Kier alpha value is -0.130. The third kappa shape index (κ3) is 10.2. The molecule has 5 heteroatoms. The topological polar surface area (TPSA) is 55.4 Å². The number of hydrogen-bond acceptors (Lipinski definition) is 4. The van der Waals surface area contributed by atoms with E-state index >= 15 is 0 Å². The molecule has 0 bridgehead atoms. The van der Waals surface area contributed by atoms with E-state index in [2.05, 4.69) is 5.32 Å². The molecule has 0 fully saturated rings. The molecule has 4 nitrogen and oxygen atoms in total. The van der Waals surface area contributed by atoms with Crippen LogP contribution in [0.2, 0.25) is 0 Å². The van der Waals surface area contributed by atoms with Gasteiger partial charge in [0.2, 0.25) is 0 Å². The maximum atomic E-state index is 11.5. The summed E-state index contributed by atoms with van der Waals surface area (Å²) in [5, 5.41) is 3.12. The van der Waals surface area contributed by atoms with Gasteiger partial charge in [0.05, 0.1) is 18.1 Å². The second kappa shape index (κ2) is 8.07. The molecule has 0 aromatic heterocycles. The smallest absolute Gasteiger partial charge is 0.150 e. The Bertz CT molecular complexity index is 237. The lowest BCUT2D eigenvalue weighted by molar-refractivity contribution is 0.199. The van der Waals surface area contributed by atoms with Crippen molar-refractivity contribution >= 4 is 9.84 Å². The summed E-state index contributed by atoms with van der Waals surface area (Å²) in [7, 11) is -1.20. The van der Waals surface area contributed by atoms with Crippen molar-refractivity contribution in [1.82, 2.24) is 5.32 Å². The Morgan fingerprint density at radius 1 is 1.27 bits per heavy atom. The minimum atomic E-state index is -2.84. The maximum Gasteiger partial charge on any atom is 0.150 e. The summed E-state index contributed by atoms with van der Waals surface area (Å²) in [5.74, 6) is 0.799. The van der Waals surface area contributed by atoms with Crippen molar-refractivity contribution in [3.8, 4) is 0 Å². The van der Waals surface area contributed by atoms with E-state index in [1.54, 1.807) is 7.11 Å². The van der Waals surface area contributed by atoms with Gasteiger partial charge in [-0.1, -0.05) is 13.8 Å². The highest BCUT2D eigenvalue weighted by molar-refractivity contribution is 7.91. The van der Waals surface area contributed by atoms with Crippen LogP contribution in [0.5, 0.6) is 0 Å². The van der Waals surface area contributed by atoms with Crippen LogP contribution in [0.3, 0.4) is 0 Å². The predicted molar refractivity (Wildman–Crippen MR) is 62.9 cm³/mol. The van der Waals surface area contributed by atoms with Gasteiger partial charge in [-0.2, -0.15) is 0 Å². The molecule has 0 atom stereocenters. The van der Waals surface area contributed by atoms with Crippen LogP contribution in [0.1, 0.15) is 20.3 Å². The third-order valence-electron chi connectivity index (χ3n) is 1.88. The zero-order valence-electron chi connectivity index (χ0n) is 9.95. The normalized spacial score (nSPS) is 12.3. The Labute approximate surface area is 93.3 Å². The molecule has 1 N–H and O–H groups in total. The Morgan fingerprint density at radius 3 is 2.47 bits per heavy atom. The van der Waals surface area contributed by atoms with Crippen molar-refractivity contribution < 1.29 is 13.2 Å². The van der Waals surface area contributed by atoms with Crippen LogP contribution >= 0.6 is 0 Å². The molecule has 0 aromatic carbocycles.